The number of para-hydroxylation sites is 1. The van der Waals surface area contributed by atoms with Gasteiger partial charge in [-0.3, -0.25) is 4.79 Å². The molecule has 1 amide bonds. The summed E-state index contributed by atoms with van der Waals surface area (Å²) >= 11 is 0. The SMILES string of the molecule is CC[C@@H]1[C@H](O)[C@H](NC)[C@H]2O[C@]3(O)[C@H](O[C@@H]2[C@H]1O)O[C@H](C)C[C@H]3NC(=O)Cc1nc2c(OP(C)(=O)O)cccc2[nH]1. The van der Waals surface area contributed by atoms with E-state index in [-0.39, 0.29) is 24.4 Å². The maximum absolute atomic E-state index is 13.2. The number of carbonyl (C=O) groups excluding carboxylic acids is 1. The van der Waals surface area contributed by atoms with E-state index in [0.717, 1.165) is 6.66 Å². The van der Waals surface area contributed by atoms with Crippen LogP contribution in [0.1, 0.15) is 32.5 Å². The number of hydrogen-bond acceptors (Lipinski definition) is 11. The van der Waals surface area contributed by atoms with Crippen LogP contribution in [0, 0.1) is 5.92 Å². The molecule has 222 valence electrons. The van der Waals surface area contributed by atoms with E-state index in [0.29, 0.717) is 17.5 Å². The molecule has 40 heavy (non-hydrogen) atoms. The number of nitrogens with zero attached hydrogens (tertiary/aromatic N) is 1. The Bertz CT molecular complexity index is 1290. The molecule has 11 atom stereocenters. The Balaban J connectivity index is 1.35. The lowest BCUT2D eigenvalue weighted by atomic mass is 9.74. The summed E-state index contributed by atoms with van der Waals surface area (Å²) in [4.78, 5) is 30.1. The van der Waals surface area contributed by atoms with Crippen LogP contribution in [0.15, 0.2) is 18.2 Å². The molecule has 0 spiro atoms. The van der Waals surface area contributed by atoms with Gasteiger partial charge in [-0.25, -0.2) is 9.55 Å². The second kappa shape index (κ2) is 10.9. The van der Waals surface area contributed by atoms with Crippen LogP contribution in [0.5, 0.6) is 5.75 Å². The highest BCUT2D eigenvalue weighted by atomic mass is 31.2. The molecule has 0 radical (unpaired) electrons. The number of ether oxygens (including phenoxy) is 3. The average Bonchev–Trinajstić information content (AvgIpc) is 3.27. The smallest absolute Gasteiger partial charge is 0.373 e. The van der Waals surface area contributed by atoms with Crippen LogP contribution in [0.25, 0.3) is 11.0 Å². The van der Waals surface area contributed by atoms with Gasteiger partial charge in [0.05, 0.1) is 42.3 Å². The molecule has 3 heterocycles. The first-order chi connectivity index (χ1) is 18.8. The second-order valence-corrected chi connectivity index (χ2v) is 12.6. The molecule has 5 rings (SSSR count). The Hall–Kier alpha value is -2.13. The Morgan fingerprint density at radius 1 is 1.27 bits per heavy atom. The third-order valence-electron chi connectivity index (χ3n) is 7.89. The van der Waals surface area contributed by atoms with E-state index in [4.69, 9.17) is 18.7 Å². The largest absolute Gasteiger partial charge is 0.422 e. The number of nitrogens with one attached hydrogen (secondary N) is 3. The van der Waals surface area contributed by atoms with E-state index in [1.54, 1.807) is 26.1 Å². The molecule has 14 nitrogen and oxygen atoms in total. The maximum atomic E-state index is 13.2. The van der Waals surface area contributed by atoms with Gasteiger partial charge in [0.2, 0.25) is 18.0 Å². The van der Waals surface area contributed by atoms with Crippen molar-refractivity contribution in [2.45, 2.75) is 87.8 Å². The average molecular weight is 585 g/mol. The Morgan fingerprint density at radius 2 is 2.02 bits per heavy atom. The standard InChI is InChI=1S/C25H37N4O10P/c1-5-12-20(31)19(26-3)22-23(21(12)32)37-24-25(33,38-22)15(9-11(2)36-24)28-17(30)10-16-27-13-7-6-8-14(18(13)29-16)39-40(4,34)35/h6-8,11-12,15,19-24,26,31-33H,5,9-10H2,1-4H3,(H,27,29)(H,28,30)(H,34,35)/t11-,12-,15-,19+,20+,21+,22-,23-,24+,25+/m1/s1. The summed E-state index contributed by atoms with van der Waals surface area (Å²) in [5, 5.41) is 39.4. The number of aromatic amines is 1. The molecular weight excluding hydrogens is 547 g/mol. The van der Waals surface area contributed by atoms with Crippen molar-refractivity contribution in [3.05, 3.63) is 24.0 Å². The van der Waals surface area contributed by atoms with Gasteiger partial charge < -0.3 is 54.6 Å². The zero-order chi connectivity index (χ0) is 29.0. The monoisotopic (exact) mass is 584 g/mol. The van der Waals surface area contributed by atoms with Crippen molar-refractivity contribution in [3.8, 4) is 5.75 Å². The van der Waals surface area contributed by atoms with E-state index in [9.17, 15) is 29.6 Å². The molecule has 7 N–H and O–H groups in total. The summed E-state index contributed by atoms with van der Waals surface area (Å²) in [7, 11) is -2.18. The maximum Gasteiger partial charge on any atom is 0.373 e. The lowest BCUT2D eigenvalue weighted by Crippen LogP contribution is -2.77. The molecular formula is C25H37N4O10P. The fourth-order valence-electron chi connectivity index (χ4n) is 6.03. The van der Waals surface area contributed by atoms with E-state index >= 15 is 0 Å². The molecule has 2 saturated heterocycles. The van der Waals surface area contributed by atoms with Crippen LogP contribution in [0.3, 0.4) is 0 Å². The Morgan fingerprint density at radius 3 is 2.70 bits per heavy atom. The van der Waals surface area contributed by atoms with Gasteiger partial charge in [0.15, 0.2) is 5.75 Å². The van der Waals surface area contributed by atoms with Crippen LogP contribution < -0.4 is 15.2 Å². The van der Waals surface area contributed by atoms with Gasteiger partial charge in [-0.15, -0.1) is 0 Å². The van der Waals surface area contributed by atoms with Crippen LogP contribution in [0.4, 0.5) is 0 Å². The van der Waals surface area contributed by atoms with Crippen molar-refractivity contribution in [1.29, 1.82) is 0 Å². The summed E-state index contributed by atoms with van der Waals surface area (Å²) in [6.07, 6.45) is -5.02. The fourth-order valence-corrected chi connectivity index (χ4v) is 6.55. The van der Waals surface area contributed by atoms with Crippen molar-refractivity contribution in [3.63, 3.8) is 0 Å². The lowest BCUT2D eigenvalue weighted by Gasteiger charge is -2.58. The Labute approximate surface area is 230 Å². The molecule has 1 unspecified atom stereocenters. The highest BCUT2D eigenvalue weighted by molar-refractivity contribution is 7.52. The predicted octanol–water partition coefficient (Wildman–Crippen LogP) is -0.259. The number of rotatable bonds is 7. The number of benzene rings is 1. The number of aliphatic hydroxyl groups excluding tert-OH is 2. The first-order valence-corrected chi connectivity index (χ1v) is 15.4. The number of aliphatic hydroxyl groups is 3. The molecule has 1 aromatic heterocycles. The van der Waals surface area contributed by atoms with E-state index in [1.165, 1.54) is 6.07 Å². The zero-order valence-electron chi connectivity index (χ0n) is 22.7. The molecule has 15 heteroatoms. The predicted molar refractivity (Wildman–Crippen MR) is 140 cm³/mol. The van der Waals surface area contributed by atoms with E-state index in [2.05, 4.69) is 20.6 Å². The normalized spacial score (nSPS) is 39.1. The number of imidazole rings is 1. The summed E-state index contributed by atoms with van der Waals surface area (Å²) in [5.41, 5.74) is 0.813. The fraction of sp³-hybridized carbons (Fsp3) is 0.680. The van der Waals surface area contributed by atoms with Crippen LogP contribution in [-0.4, -0.2) is 104 Å². The van der Waals surface area contributed by atoms with Crippen molar-refractivity contribution < 1.29 is 48.3 Å². The number of aromatic nitrogens is 2. The summed E-state index contributed by atoms with van der Waals surface area (Å²) in [6, 6.07) is 3.23. The first-order valence-electron chi connectivity index (χ1n) is 13.4. The molecule has 3 fully saturated rings. The molecule has 0 bridgehead atoms. The topological polar surface area (TPSA) is 205 Å². The quantitative estimate of drug-likeness (QED) is 0.210. The molecule has 1 aliphatic carbocycles. The van der Waals surface area contributed by atoms with E-state index < -0.39 is 74.1 Å². The summed E-state index contributed by atoms with van der Waals surface area (Å²) in [5.74, 6) is -2.68. The lowest BCUT2D eigenvalue weighted by molar-refractivity contribution is -0.450. The summed E-state index contributed by atoms with van der Waals surface area (Å²) in [6.45, 7) is 4.70. The third kappa shape index (κ3) is 5.40. The van der Waals surface area contributed by atoms with Gasteiger partial charge in [-0.2, -0.15) is 0 Å². The zero-order valence-corrected chi connectivity index (χ0v) is 23.6. The van der Waals surface area contributed by atoms with Gasteiger partial charge in [-0.1, -0.05) is 13.0 Å². The highest BCUT2D eigenvalue weighted by Crippen LogP contribution is 2.44. The van der Waals surface area contributed by atoms with Gasteiger partial charge in [0.25, 0.3) is 0 Å². The molecule has 2 aliphatic heterocycles. The first kappa shape index (κ1) is 29.4. The molecule has 3 aliphatic rings. The number of H-pyrrole nitrogens is 1. The van der Waals surface area contributed by atoms with Crippen molar-refractivity contribution in [2.75, 3.05) is 13.7 Å². The third-order valence-corrected chi connectivity index (χ3v) is 8.42. The van der Waals surface area contributed by atoms with Gasteiger partial charge in [0, 0.05) is 12.6 Å². The Kier molecular flexibility index (Phi) is 8.03. The van der Waals surface area contributed by atoms with Gasteiger partial charge in [-0.05, 0) is 38.9 Å². The van der Waals surface area contributed by atoms with Crippen LogP contribution >= 0.6 is 7.60 Å². The van der Waals surface area contributed by atoms with Crippen LogP contribution in [0.2, 0.25) is 0 Å². The number of carbonyl (C=O) groups is 1. The minimum Gasteiger partial charge on any atom is -0.422 e. The molecule has 1 aromatic carbocycles. The van der Waals surface area contributed by atoms with Crippen molar-refractivity contribution in [1.82, 2.24) is 20.6 Å². The van der Waals surface area contributed by atoms with Crippen molar-refractivity contribution in [2.24, 2.45) is 5.92 Å². The number of likely N-dealkylation sites (N-methyl/N-ethyl adjacent to an activating group) is 1. The number of fused-ring (bicyclic) bond motifs is 3. The molecule has 1 saturated carbocycles. The number of amides is 1. The van der Waals surface area contributed by atoms with Gasteiger partial charge >= 0.3 is 7.60 Å². The van der Waals surface area contributed by atoms with E-state index in [1.807, 2.05) is 6.92 Å². The summed E-state index contributed by atoms with van der Waals surface area (Å²) < 4.78 is 35.0. The molecule has 2 aromatic rings. The van der Waals surface area contributed by atoms with Gasteiger partial charge in [0.1, 0.15) is 23.5 Å². The van der Waals surface area contributed by atoms with Crippen molar-refractivity contribution >= 4 is 24.5 Å². The minimum absolute atomic E-state index is 0.104. The highest BCUT2D eigenvalue weighted by Gasteiger charge is 2.63. The number of hydrogen-bond donors (Lipinski definition) is 7. The second-order valence-electron chi connectivity index (χ2n) is 10.8. The minimum atomic E-state index is -3.83. The van der Waals surface area contributed by atoms with Crippen LogP contribution in [-0.2, 0) is 30.0 Å².